The van der Waals surface area contributed by atoms with Crippen molar-refractivity contribution in [2.75, 3.05) is 6.61 Å². The van der Waals surface area contributed by atoms with Gasteiger partial charge >= 0.3 is 12.2 Å². The summed E-state index contributed by atoms with van der Waals surface area (Å²) in [7, 11) is -1.27. The van der Waals surface area contributed by atoms with Crippen molar-refractivity contribution in [3.05, 3.63) is 66.6 Å². The van der Waals surface area contributed by atoms with Gasteiger partial charge in [0, 0.05) is 32.0 Å². The maximum absolute atomic E-state index is 12.5. The number of hydrogen-bond donors (Lipinski definition) is 3. The molecule has 0 aliphatic heterocycles. The fourth-order valence-electron chi connectivity index (χ4n) is 4.98. The van der Waals surface area contributed by atoms with E-state index in [2.05, 4.69) is 45.2 Å². The van der Waals surface area contributed by atoms with Gasteiger partial charge in [0.1, 0.15) is 29.6 Å². The molecule has 4 rings (SSSR count). The molecule has 50 heavy (non-hydrogen) atoms. The van der Waals surface area contributed by atoms with Crippen LogP contribution in [0.15, 0.2) is 55.0 Å². The fraction of sp³-hybridized carbons (Fsp3) is 0.486. The Labute approximate surface area is 296 Å². The minimum absolute atomic E-state index is 0.295. The van der Waals surface area contributed by atoms with E-state index < -0.39 is 37.5 Å². The molecule has 2 amide bonds. The number of benzene rings is 1. The Morgan fingerprint density at radius 1 is 0.780 bits per heavy atom. The first-order chi connectivity index (χ1) is 23.3. The van der Waals surface area contributed by atoms with Crippen LogP contribution >= 0.6 is 0 Å². The normalized spacial score (nSPS) is 13.4. The van der Waals surface area contributed by atoms with Crippen molar-refractivity contribution in [2.45, 2.75) is 111 Å². The van der Waals surface area contributed by atoms with E-state index in [-0.39, 0.29) is 6.04 Å². The number of amides is 2. The van der Waals surface area contributed by atoms with Gasteiger partial charge in [-0.15, -0.1) is 0 Å². The Hall–Kier alpha value is -4.49. The molecule has 2 atom stereocenters. The lowest BCUT2D eigenvalue weighted by Gasteiger charge is -2.23. The van der Waals surface area contributed by atoms with Gasteiger partial charge in [0.15, 0.2) is 0 Å². The first-order valence-electron chi connectivity index (χ1n) is 17.0. The monoisotopic (exact) mass is 703 g/mol. The lowest BCUT2D eigenvalue weighted by atomic mass is 10.1. The van der Waals surface area contributed by atoms with Crippen LogP contribution in [0, 0.1) is 0 Å². The van der Waals surface area contributed by atoms with Crippen LogP contribution in [-0.2, 0) is 20.9 Å². The summed E-state index contributed by atoms with van der Waals surface area (Å²) in [6, 6.07) is 12.3. The third kappa shape index (κ3) is 11.3. The highest BCUT2D eigenvalue weighted by Gasteiger charge is 2.24. The van der Waals surface area contributed by atoms with Crippen LogP contribution in [0.25, 0.3) is 33.8 Å². The van der Waals surface area contributed by atoms with E-state index in [1.807, 2.05) is 103 Å². The molecular formula is C37H53N7O5Si. The Morgan fingerprint density at radius 3 is 1.92 bits per heavy atom. The molecule has 13 heteroatoms. The summed E-state index contributed by atoms with van der Waals surface area (Å²) in [5, 5.41) is 5.72. The molecule has 0 spiro atoms. The van der Waals surface area contributed by atoms with Gasteiger partial charge in [-0.05, 0) is 79.1 Å². The highest BCUT2D eigenvalue weighted by molar-refractivity contribution is 6.76. The lowest BCUT2D eigenvalue weighted by molar-refractivity contribution is 0.0489. The van der Waals surface area contributed by atoms with Crippen molar-refractivity contribution < 1.29 is 23.8 Å². The second-order valence-corrected chi connectivity index (χ2v) is 21.3. The van der Waals surface area contributed by atoms with Crippen LogP contribution in [0.5, 0.6) is 0 Å². The Bertz CT molecular complexity index is 1730. The molecular weight excluding hydrogens is 651 g/mol. The first kappa shape index (κ1) is 38.3. The van der Waals surface area contributed by atoms with Crippen molar-refractivity contribution in [3.8, 4) is 33.8 Å². The number of ether oxygens (including phenoxy) is 3. The predicted molar refractivity (Wildman–Crippen MR) is 198 cm³/mol. The van der Waals surface area contributed by atoms with Crippen LogP contribution in [0.4, 0.5) is 9.59 Å². The Balaban J connectivity index is 1.49. The molecule has 3 N–H and O–H groups in total. The molecule has 0 saturated carbocycles. The average molecular weight is 704 g/mol. The van der Waals surface area contributed by atoms with Gasteiger partial charge in [-0.25, -0.2) is 19.6 Å². The van der Waals surface area contributed by atoms with E-state index >= 15 is 0 Å². The zero-order valence-electron chi connectivity index (χ0n) is 31.3. The number of aromatic nitrogens is 5. The second kappa shape index (κ2) is 15.6. The number of aromatic amines is 1. The largest absolute Gasteiger partial charge is 0.444 e. The third-order valence-corrected chi connectivity index (χ3v) is 9.22. The maximum Gasteiger partial charge on any atom is 0.408 e. The van der Waals surface area contributed by atoms with Gasteiger partial charge < -0.3 is 34.4 Å². The Kier molecular flexibility index (Phi) is 11.9. The molecule has 0 fully saturated rings. The number of imidazole rings is 2. The van der Waals surface area contributed by atoms with Crippen LogP contribution in [0.1, 0.15) is 79.1 Å². The molecule has 1 aromatic carbocycles. The van der Waals surface area contributed by atoms with Crippen LogP contribution < -0.4 is 10.6 Å². The second-order valence-electron chi connectivity index (χ2n) is 15.7. The summed E-state index contributed by atoms with van der Waals surface area (Å²) >= 11 is 0. The minimum Gasteiger partial charge on any atom is -0.444 e. The molecule has 0 aliphatic rings. The standard InChI is InChI=1S/C37H53N7O5Si/c1-24(41-34(45)48-36(3,4)5)32-39-21-30(43-32)27-14-12-26(13-15-27)29-17-16-28(20-38-29)31-22-40-33(25(2)42-35(46)49-37(6,7)8)44(31)23-47-18-19-50(9,10)11/h12-17,20-22,24-25H,18-19,23H2,1-11H3,(H,39,43)(H,41,45)(H,42,46)/t24-,25-/m0/s1. The predicted octanol–water partition coefficient (Wildman–Crippen LogP) is 8.49. The maximum atomic E-state index is 12.5. The van der Waals surface area contributed by atoms with Gasteiger partial charge in [0.2, 0.25) is 0 Å². The van der Waals surface area contributed by atoms with E-state index in [0.29, 0.717) is 25.0 Å². The zero-order valence-corrected chi connectivity index (χ0v) is 32.3. The molecule has 0 unspecified atom stereocenters. The van der Waals surface area contributed by atoms with Crippen molar-refractivity contribution in [1.82, 2.24) is 35.1 Å². The summed E-state index contributed by atoms with van der Waals surface area (Å²) in [5.41, 5.74) is 4.09. The van der Waals surface area contributed by atoms with Gasteiger partial charge in [-0.1, -0.05) is 43.9 Å². The molecule has 0 aliphatic carbocycles. The van der Waals surface area contributed by atoms with Crippen molar-refractivity contribution in [1.29, 1.82) is 0 Å². The van der Waals surface area contributed by atoms with E-state index in [0.717, 1.165) is 39.8 Å². The lowest BCUT2D eigenvalue weighted by Crippen LogP contribution is -2.35. The van der Waals surface area contributed by atoms with Crippen molar-refractivity contribution >= 4 is 20.3 Å². The number of carbonyl (C=O) groups is 2. The summed E-state index contributed by atoms with van der Waals surface area (Å²) in [6.45, 7) is 22.6. The summed E-state index contributed by atoms with van der Waals surface area (Å²) in [6.07, 6.45) is 4.37. The van der Waals surface area contributed by atoms with Crippen molar-refractivity contribution in [2.24, 2.45) is 0 Å². The van der Waals surface area contributed by atoms with E-state index in [4.69, 9.17) is 19.2 Å². The SMILES string of the molecule is C[C@H](NC(=O)OC(C)(C)C)c1ncc(-c2ccc(-c3ccc(-c4cnc([C@H](C)NC(=O)OC(C)(C)C)n4COCC[Si](C)(C)C)cn3)cc2)[nH]1. The summed E-state index contributed by atoms with van der Waals surface area (Å²) < 4.78 is 19.0. The van der Waals surface area contributed by atoms with Gasteiger partial charge in [0.25, 0.3) is 0 Å². The topological polar surface area (TPSA) is 145 Å². The highest BCUT2D eigenvalue weighted by atomic mass is 28.3. The number of rotatable bonds is 12. The van der Waals surface area contributed by atoms with Crippen molar-refractivity contribution in [3.63, 3.8) is 0 Å². The number of nitrogens with one attached hydrogen (secondary N) is 3. The molecule has 3 aromatic heterocycles. The molecule has 0 radical (unpaired) electrons. The Morgan fingerprint density at radius 2 is 1.36 bits per heavy atom. The van der Waals surface area contributed by atoms with Crippen LogP contribution in [-0.4, -0.2) is 62.6 Å². The summed E-state index contributed by atoms with van der Waals surface area (Å²) in [4.78, 5) is 42.0. The molecule has 12 nitrogen and oxygen atoms in total. The number of alkyl carbamates (subject to hydrolysis) is 2. The molecule has 270 valence electrons. The van der Waals surface area contributed by atoms with Crippen LogP contribution in [0.3, 0.4) is 0 Å². The average Bonchev–Trinajstić information content (AvgIpc) is 3.65. The van der Waals surface area contributed by atoms with Gasteiger partial charge in [0.05, 0.1) is 41.6 Å². The third-order valence-electron chi connectivity index (χ3n) is 7.51. The quantitative estimate of drug-likeness (QED) is 0.0984. The number of carbonyl (C=O) groups excluding carboxylic acids is 2. The fourth-order valence-corrected chi connectivity index (χ4v) is 5.73. The smallest absolute Gasteiger partial charge is 0.408 e. The minimum atomic E-state index is -1.27. The van der Waals surface area contributed by atoms with Gasteiger partial charge in [-0.3, -0.25) is 4.98 Å². The van der Waals surface area contributed by atoms with E-state index in [9.17, 15) is 9.59 Å². The van der Waals surface area contributed by atoms with Gasteiger partial charge in [-0.2, -0.15) is 0 Å². The molecule has 0 saturated heterocycles. The number of hydrogen-bond acceptors (Lipinski definition) is 8. The van der Waals surface area contributed by atoms with E-state index in [1.165, 1.54) is 0 Å². The summed E-state index contributed by atoms with van der Waals surface area (Å²) in [5.74, 6) is 1.29. The molecule has 0 bridgehead atoms. The molecule has 4 aromatic rings. The highest BCUT2D eigenvalue weighted by Crippen LogP contribution is 2.28. The number of pyridine rings is 1. The molecule has 3 heterocycles. The van der Waals surface area contributed by atoms with Crippen LogP contribution in [0.2, 0.25) is 25.7 Å². The number of H-pyrrole nitrogens is 1. The zero-order chi connectivity index (χ0) is 36.9. The first-order valence-corrected chi connectivity index (χ1v) is 20.7. The number of nitrogens with zero attached hydrogens (tertiary/aromatic N) is 4. The van der Waals surface area contributed by atoms with E-state index in [1.54, 1.807) is 12.4 Å².